The van der Waals surface area contributed by atoms with E-state index in [0.29, 0.717) is 23.9 Å². The van der Waals surface area contributed by atoms with Crippen molar-refractivity contribution in [3.63, 3.8) is 0 Å². The molecule has 7 rings (SSSR count). The fourth-order valence-electron chi connectivity index (χ4n) is 6.90. The number of hydrogen-bond donors (Lipinski definition) is 0. The van der Waals surface area contributed by atoms with E-state index in [9.17, 15) is 0 Å². The molecule has 2 heteroatoms. The number of para-hydroxylation sites is 1. The zero-order chi connectivity index (χ0) is 24.3. The van der Waals surface area contributed by atoms with Crippen molar-refractivity contribution in [3.8, 4) is 0 Å². The van der Waals surface area contributed by atoms with Crippen LogP contribution < -0.4 is 4.90 Å². The minimum Gasteiger partial charge on any atom is -0.369 e. The van der Waals surface area contributed by atoms with Crippen molar-refractivity contribution in [2.24, 2.45) is 5.92 Å². The molecule has 0 aromatic heterocycles. The number of benzene rings is 4. The fraction of sp³-hybridized carbons (Fsp3) is 0.294. The lowest BCUT2D eigenvalue weighted by atomic mass is 9.70. The lowest BCUT2D eigenvalue weighted by Gasteiger charge is -2.57. The highest BCUT2D eigenvalue weighted by molar-refractivity contribution is 5.56. The van der Waals surface area contributed by atoms with Crippen molar-refractivity contribution >= 4 is 5.69 Å². The number of piperidine rings is 3. The highest BCUT2D eigenvalue weighted by Gasteiger charge is 2.48. The first-order valence-corrected chi connectivity index (χ1v) is 13.5. The summed E-state index contributed by atoms with van der Waals surface area (Å²) in [6, 6.07) is 43.3. The van der Waals surface area contributed by atoms with Crippen LogP contribution in [0.5, 0.6) is 0 Å². The molecule has 2 nitrogen and oxygen atoms in total. The molecule has 3 fully saturated rings. The Labute approximate surface area is 216 Å². The second-order valence-electron chi connectivity index (χ2n) is 10.6. The highest BCUT2D eigenvalue weighted by atomic mass is 15.3. The number of rotatable bonds is 7. The Morgan fingerprint density at radius 3 is 1.83 bits per heavy atom. The minimum atomic E-state index is 0.351. The molecule has 3 saturated heterocycles. The van der Waals surface area contributed by atoms with E-state index in [0.717, 1.165) is 6.42 Å². The second kappa shape index (κ2) is 10.3. The quantitative estimate of drug-likeness (QED) is 0.285. The summed E-state index contributed by atoms with van der Waals surface area (Å²) in [5.74, 6) is 1.06. The van der Waals surface area contributed by atoms with Gasteiger partial charge in [-0.1, -0.05) is 109 Å². The molecule has 2 bridgehead atoms. The Bertz CT molecular complexity index is 1210. The Morgan fingerprint density at radius 2 is 1.22 bits per heavy atom. The smallest absolute Gasteiger partial charge is 0.0480 e. The molecule has 2 atom stereocenters. The summed E-state index contributed by atoms with van der Waals surface area (Å²) in [6.07, 6.45) is 3.55. The van der Waals surface area contributed by atoms with Crippen LogP contribution in [0.1, 0.15) is 41.0 Å². The normalized spacial score (nSPS) is 23.1. The molecule has 2 unspecified atom stereocenters. The summed E-state index contributed by atoms with van der Waals surface area (Å²) in [6.45, 7) is 2.42. The molecule has 182 valence electrons. The van der Waals surface area contributed by atoms with Gasteiger partial charge in [0, 0.05) is 30.7 Å². The SMILES string of the molecule is CN(c1ccccc1Cc1ccccc1)C1C(C(c2ccccc2)c2ccccc2)[N@]2CC[C@H]1CC2. The standard InChI is InChI=1S/C34H36N2/c1-35(31-20-12-11-19-30(31)25-26-13-5-2-6-14-26)33-29-21-23-36(24-22-29)34(33)32(27-15-7-3-8-16-27)28-17-9-4-10-18-28/h2-20,29,32-34H,21-25H2,1H3. The number of likely N-dealkylation sites (N-methyl/N-ethyl adjacent to an activating group) is 1. The summed E-state index contributed by atoms with van der Waals surface area (Å²) in [4.78, 5) is 5.45. The van der Waals surface area contributed by atoms with E-state index in [1.165, 1.54) is 53.9 Å². The van der Waals surface area contributed by atoms with Gasteiger partial charge >= 0.3 is 0 Å². The molecule has 0 spiro atoms. The van der Waals surface area contributed by atoms with Gasteiger partial charge in [0.2, 0.25) is 0 Å². The molecule has 3 aliphatic rings. The fourth-order valence-corrected chi connectivity index (χ4v) is 6.90. The van der Waals surface area contributed by atoms with Crippen LogP contribution in [0, 0.1) is 5.92 Å². The van der Waals surface area contributed by atoms with Gasteiger partial charge in [-0.15, -0.1) is 0 Å². The predicted octanol–water partition coefficient (Wildman–Crippen LogP) is 7.01. The number of hydrogen-bond acceptors (Lipinski definition) is 2. The molecule has 0 aliphatic carbocycles. The zero-order valence-corrected chi connectivity index (χ0v) is 21.2. The van der Waals surface area contributed by atoms with Gasteiger partial charge in [-0.05, 0) is 66.6 Å². The number of nitrogens with zero attached hydrogens (tertiary/aromatic N) is 2. The molecule has 0 saturated carbocycles. The molecular weight excluding hydrogens is 436 g/mol. The largest absolute Gasteiger partial charge is 0.369 e. The Hall–Kier alpha value is -3.36. The summed E-state index contributed by atoms with van der Waals surface area (Å²) in [5, 5.41) is 0. The number of fused-ring (bicyclic) bond motifs is 3. The van der Waals surface area contributed by atoms with Crippen LogP contribution in [0.25, 0.3) is 0 Å². The third-order valence-corrected chi connectivity index (χ3v) is 8.54. The highest BCUT2D eigenvalue weighted by Crippen LogP contribution is 2.45. The van der Waals surface area contributed by atoms with E-state index in [2.05, 4.69) is 132 Å². The first-order chi connectivity index (χ1) is 17.8. The first kappa shape index (κ1) is 23.1. The third-order valence-electron chi connectivity index (χ3n) is 8.54. The van der Waals surface area contributed by atoms with Gasteiger partial charge in [0.05, 0.1) is 0 Å². The maximum Gasteiger partial charge on any atom is 0.0480 e. The van der Waals surface area contributed by atoms with Crippen molar-refractivity contribution in [2.45, 2.75) is 37.3 Å². The molecule has 0 radical (unpaired) electrons. The van der Waals surface area contributed by atoms with Crippen LogP contribution >= 0.6 is 0 Å². The summed E-state index contributed by atoms with van der Waals surface area (Å²) >= 11 is 0. The first-order valence-electron chi connectivity index (χ1n) is 13.5. The lowest BCUT2D eigenvalue weighted by Crippen LogP contribution is -2.65. The maximum atomic E-state index is 2.80. The van der Waals surface area contributed by atoms with E-state index in [1.54, 1.807) is 0 Å². The lowest BCUT2D eigenvalue weighted by molar-refractivity contribution is 0.0186. The molecule has 3 heterocycles. The van der Waals surface area contributed by atoms with Crippen LogP contribution in [-0.4, -0.2) is 37.1 Å². The monoisotopic (exact) mass is 472 g/mol. The van der Waals surface area contributed by atoms with Gasteiger partial charge in [-0.3, -0.25) is 4.90 Å². The zero-order valence-electron chi connectivity index (χ0n) is 21.2. The van der Waals surface area contributed by atoms with E-state index < -0.39 is 0 Å². The van der Waals surface area contributed by atoms with E-state index >= 15 is 0 Å². The maximum absolute atomic E-state index is 2.80. The summed E-state index contributed by atoms with van der Waals surface area (Å²) < 4.78 is 0. The van der Waals surface area contributed by atoms with Crippen LogP contribution in [-0.2, 0) is 6.42 Å². The van der Waals surface area contributed by atoms with Gasteiger partial charge in [0.15, 0.2) is 0 Å². The van der Waals surface area contributed by atoms with Crippen molar-refractivity contribution < 1.29 is 0 Å². The molecule has 3 aliphatic heterocycles. The predicted molar refractivity (Wildman–Crippen MR) is 151 cm³/mol. The van der Waals surface area contributed by atoms with Crippen molar-refractivity contribution in [1.29, 1.82) is 0 Å². The molecule has 0 amide bonds. The van der Waals surface area contributed by atoms with Gasteiger partial charge in [0.1, 0.15) is 0 Å². The van der Waals surface area contributed by atoms with Crippen molar-refractivity contribution in [2.75, 3.05) is 25.0 Å². The van der Waals surface area contributed by atoms with Crippen molar-refractivity contribution in [3.05, 3.63) is 138 Å². The van der Waals surface area contributed by atoms with Crippen LogP contribution in [0.15, 0.2) is 115 Å². The molecule has 36 heavy (non-hydrogen) atoms. The van der Waals surface area contributed by atoms with Crippen LogP contribution in [0.4, 0.5) is 5.69 Å². The molecule has 0 N–H and O–H groups in total. The van der Waals surface area contributed by atoms with Crippen LogP contribution in [0.2, 0.25) is 0 Å². The van der Waals surface area contributed by atoms with Crippen LogP contribution in [0.3, 0.4) is 0 Å². The Balaban J connectivity index is 1.42. The van der Waals surface area contributed by atoms with E-state index in [1.807, 2.05) is 0 Å². The second-order valence-corrected chi connectivity index (χ2v) is 10.6. The van der Waals surface area contributed by atoms with Gasteiger partial charge in [0.25, 0.3) is 0 Å². The number of anilines is 1. The average Bonchev–Trinajstić information content (AvgIpc) is 2.95. The minimum absolute atomic E-state index is 0.351. The van der Waals surface area contributed by atoms with Crippen molar-refractivity contribution in [1.82, 2.24) is 4.90 Å². The van der Waals surface area contributed by atoms with Gasteiger partial charge in [-0.25, -0.2) is 0 Å². The summed E-state index contributed by atoms with van der Waals surface area (Å²) in [7, 11) is 2.36. The molecule has 4 aromatic rings. The van der Waals surface area contributed by atoms with E-state index in [-0.39, 0.29) is 0 Å². The average molecular weight is 473 g/mol. The van der Waals surface area contributed by atoms with Gasteiger partial charge < -0.3 is 4.90 Å². The Kier molecular flexibility index (Phi) is 6.61. The third kappa shape index (κ3) is 4.47. The molecule has 4 aromatic carbocycles. The van der Waals surface area contributed by atoms with Gasteiger partial charge in [-0.2, -0.15) is 0 Å². The Morgan fingerprint density at radius 1 is 0.694 bits per heavy atom. The van der Waals surface area contributed by atoms with E-state index in [4.69, 9.17) is 0 Å². The topological polar surface area (TPSA) is 6.48 Å². The molecular formula is C34H36N2. The summed E-state index contributed by atoms with van der Waals surface area (Å²) in [5.41, 5.74) is 7.02.